The predicted molar refractivity (Wildman–Crippen MR) is 66.5 cm³/mol. The van der Waals surface area contributed by atoms with Gasteiger partial charge in [0.15, 0.2) is 11.2 Å². The van der Waals surface area contributed by atoms with Gasteiger partial charge < -0.3 is 10.1 Å². The maximum atomic E-state index is 11.8. The van der Waals surface area contributed by atoms with Crippen molar-refractivity contribution < 1.29 is 5.11 Å². The van der Waals surface area contributed by atoms with Crippen LogP contribution >= 0.6 is 0 Å². The summed E-state index contributed by atoms with van der Waals surface area (Å²) in [7, 11) is 0. The van der Waals surface area contributed by atoms with E-state index in [1.807, 2.05) is 6.07 Å². The first-order valence-corrected chi connectivity index (χ1v) is 5.51. The molecule has 0 saturated carbocycles. The fourth-order valence-corrected chi connectivity index (χ4v) is 1.80. The normalized spacial score (nSPS) is 10.6. The summed E-state index contributed by atoms with van der Waals surface area (Å²) in [5, 5.41) is 9.73. The minimum atomic E-state index is -0.652. The zero-order valence-electron chi connectivity index (χ0n) is 9.49. The van der Waals surface area contributed by atoms with Crippen LogP contribution in [-0.4, -0.2) is 10.1 Å². The van der Waals surface area contributed by atoms with Crippen molar-refractivity contribution in [3.05, 3.63) is 50.4 Å². The van der Waals surface area contributed by atoms with Crippen LogP contribution in [-0.2, 0) is 6.42 Å². The summed E-state index contributed by atoms with van der Waals surface area (Å²) >= 11 is 0. The Bertz CT molecular complexity index is 673. The molecule has 0 unspecified atom stereocenters. The molecule has 2 N–H and O–H groups in total. The molecule has 0 saturated heterocycles. The number of aromatic amines is 1. The van der Waals surface area contributed by atoms with Gasteiger partial charge in [0.1, 0.15) is 0 Å². The van der Waals surface area contributed by atoms with E-state index in [4.69, 9.17) is 0 Å². The molecule has 0 spiro atoms. The molecule has 0 fully saturated rings. The van der Waals surface area contributed by atoms with Gasteiger partial charge in [0, 0.05) is 11.5 Å². The molecule has 2 rings (SSSR count). The molecule has 4 heteroatoms. The molecule has 1 aromatic carbocycles. The average molecular weight is 231 g/mol. The van der Waals surface area contributed by atoms with Crippen molar-refractivity contribution in [3.8, 4) is 5.75 Å². The van der Waals surface area contributed by atoms with Gasteiger partial charge in [-0.15, -0.1) is 0 Å². The van der Waals surface area contributed by atoms with Gasteiger partial charge in [0.25, 0.3) is 5.56 Å². The Morgan fingerprint density at radius 1 is 1.24 bits per heavy atom. The van der Waals surface area contributed by atoms with Crippen LogP contribution in [0.25, 0.3) is 10.9 Å². The molecule has 0 radical (unpaired) electrons. The molecule has 0 aliphatic heterocycles. The fraction of sp³-hybridized carbons (Fsp3) is 0.231. The smallest absolute Gasteiger partial charge is 0.290 e. The first kappa shape index (κ1) is 11.4. The van der Waals surface area contributed by atoms with Crippen molar-refractivity contribution >= 4 is 10.9 Å². The predicted octanol–water partition coefficient (Wildman–Crippen LogP) is 1.55. The lowest BCUT2D eigenvalue weighted by molar-refractivity contribution is 0.468. The van der Waals surface area contributed by atoms with Crippen LogP contribution in [0.2, 0.25) is 0 Å². The first-order valence-electron chi connectivity index (χ1n) is 5.51. The van der Waals surface area contributed by atoms with Crippen LogP contribution in [0.5, 0.6) is 5.75 Å². The van der Waals surface area contributed by atoms with E-state index in [-0.39, 0.29) is 5.43 Å². The number of nitrogens with one attached hydrogen (secondary N) is 1. The maximum absolute atomic E-state index is 11.8. The fourth-order valence-electron chi connectivity index (χ4n) is 1.80. The van der Waals surface area contributed by atoms with E-state index in [0.717, 1.165) is 24.5 Å². The van der Waals surface area contributed by atoms with Gasteiger partial charge in [-0.2, -0.15) is 0 Å². The Kier molecular flexibility index (Phi) is 2.95. The Balaban J connectivity index is 2.83. The number of hydrogen-bond donors (Lipinski definition) is 2. The molecule has 2 aromatic rings. The summed E-state index contributed by atoms with van der Waals surface area (Å²) < 4.78 is 0. The molecule has 0 aliphatic carbocycles. The third kappa shape index (κ3) is 2.20. The summed E-state index contributed by atoms with van der Waals surface area (Å²) in [5.74, 6) is -0.553. The summed E-state index contributed by atoms with van der Waals surface area (Å²) in [6.07, 6.45) is 1.87. The van der Waals surface area contributed by atoms with Crippen molar-refractivity contribution in [1.82, 2.24) is 4.98 Å². The van der Waals surface area contributed by atoms with Crippen LogP contribution < -0.4 is 11.0 Å². The number of H-pyrrole nitrogens is 1. The second-order valence-electron chi connectivity index (χ2n) is 3.98. The summed E-state index contributed by atoms with van der Waals surface area (Å²) in [6, 6.07) is 6.29. The molecule has 0 amide bonds. The quantitative estimate of drug-likeness (QED) is 0.823. The Morgan fingerprint density at radius 2 is 2.00 bits per heavy atom. The molecule has 0 bridgehead atoms. The van der Waals surface area contributed by atoms with Crippen LogP contribution in [0.15, 0.2) is 33.9 Å². The van der Waals surface area contributed by atoms with E-state index >= 15 is 0 Å². The van der Waals surface area contributed by atoms with Crippen LogP contribution in [0.3, 0.4) is 0 Å². The van der Waals surface area contributed by atoms with Crippen molar-refractivity contribution in [2.24, 2.45) is 0 Å². The van der Waals surface area contributed by atoms with E-state index in [0.29, 0.717) is 10.9 Å². The largest absolute Gasteiger partial charge is 0.503 e. The van der Waals surface area contributed by atoms with Crippen molar-refractivity contribution in [1.29, 1.82) is 0 Å². The van der Waals surface area contributed by atoms with Gasteiger partial charge in [0.2, 0.25) is 0 Å². The van der Waals surface area contributed by atoms with Crippen molar-refractivity contribution in [2.75, 3.05) is 0 Å². The van der Waals surface area contributed by atoms with Gasteiger partial charge in [-0.25, -0.2) is 0 Å². The molecule has 17 heavy (non-hydrogen) atoms. The van der Waals surface area contributed by atoms with Crippen molar-refractivity contribution in [2.45, 2.75) is 19.8 Å². The zero-order chi connectivity index (χ0) is 12.4. The van der Waals surface area contributed by atoms with Gasteiger partial charge in [-0.05, 0) is 24.1 Å². The lowest BCUT2D eigenvalue weighted by atomic mass is 10.1. The molecule has 88 valence electrons. The Hall–Kier alpha value is -2.10. The van der Waals surface area contributed by atoms with Gasteiger partial charge in [-0.3, -0.25) is 9.59 Å². The average Bonchev–Trinajstić information content (AvgIpc) is 2.39. The highest BCUT2D eigenvalue weighted by Gasteiger charge is 2.03. The van der Waals surface area contributed by atoms with Gasteiger partial charge >= 0.3 is 0 Å². The molecular formula is C13H13NO3. The minimum absolute atomic E-state index is 0.353. The molecular weight excluding hydrogens is 218 g/mol. The topological polar surface area (TPSA) is 70.2 Å². The second-order valence-corrected chi connectivity index (χ2v) is 3.98. The SMILES string of the molecule is CCCc1ccc2[nH]c(=O)c(O)cc(=O)c2c1. The van der Waals surface area contributed by atoms with Crippen LogP contribution in [0, 0.1) is 0 Å². The highest BCUT2D eigenvalue weighted by Crippen LogP contribution is 2.11. The lowest BCUT2D eigenvalue weighted by Gasteiger charge is -1.98. The Labute approximate surface area is 97.6 Å². The van der Waals surface area contributed by atoms with E-state index in [9.17, 15) is 14.7 Å². The second kappa shape index (κ2) is 4.41. The molecule has 0 atom stereocenters. The molecule has 4 nitrogen and oxygen atoms in total. The third-order valence-corrected chi connectivity index (χ3v) is 2.64. The summed E-state index contributed by atoms with van der Waals surface area (Å²) in [5.41, 5.74) is 0.484. The highest BCUT2D eigenvalue weighted by atomic mass is 16.3. The maximum Gasteiger partial charge on any atom is 0.290 e. The van der Waals surface area contributed by atoms with Crippen LogP contribution in [0.4, 0.5) is 0 Å². The Morgan fingerprint density at radius 3 is 2.71 bits per heavy atom. The number of aryl methyl sites for hydroxylation is 1. The van der Waals surface area contributed by atoms with Gasteiger partial charge in [0.05, 0.1) is 5.52 Å². The standard InChI is InChI=1S/C13H13NO3/c1-2-3-8-4-5-10-9(6-8)11(15)7-12(16)13(17)14-10/h4-7,16H,2-3H2,1H3,(H,14,17). The minimum Gasteiger partial charge on any atom is -0.503 e. The number of benzene rings is 1. The van der Waals surface area contributed by atoms with E-state index < -0.39 is 11.3 Å². The number of hydrogen-bond acceptors (Lipinski definition) is 3. The van der Waals surface area contributed by atoms with Crippen LogP contribution in [0.1, 0.15) is 18.9 Å². The zero-order valence-corrected chi connectivity index (χ0v) is 9.49. The number of aromatic nitrogens is 1. The van der Waals surface area contributed by atoms with Crippen molar-refractivity contribution in [3.63, 3.8) is 0 Å². The molecule has 0 aliphatic rings. The van der Waals surface area contributed by atoms with E-state index in [2.05, 4.69) is 11.9 Å². The number of rotatable bonds is 2. The molecule has 1 heterocycles. The monoisotopic (exact) mass is 231 g/mol. The van der Waals surface area contributed by atoms with Gasteiger partial charge in [-0.1, -0.05) is 19.4 Å². The molecule has 1 aromatic heterocycles. The summed E-state index contributed by atoms with van der Waals surface area (Å²) in [6.45, 7) is 2.06. The number of aromatic hydroxyl groups is 1. The van der Waals surface area contributed by atoms with E-state index in [1.54, 1.807) is 12.1 Å². The van der Waals surface area contributed by atoms with E-state index in [1.165, 1.54) is 0 Å². The lowest BCUT2D eigenvalue weighted by Crippen LogP contribution is -2.00. The number of fused-ring (bicyclic) bond motifs is 1. The summed E-state index contributed by atoms with van der Waals surface area (Å²) in [4.78, 5) is 25.6. The third-order valence-electron chi connectivity index (χ3n) is 2.64. The highest BCUT2D eigenvalue weighted by molar-refractivity contribution is 5.78. The first-order chi connectivity index (χ1) is 8.11.